The van der Waals surface area contributed by atoms with Crippen molar-refractivity contribution in [3.63, 3.8) is 0 Å². The molecule has 12 atom stereocenters. The molecule has 0 spiro atoms. The number of phenolic OH excluding ortho intramolecular Hbond substituents is 3. The summed E-state index contributed by atoms with van der Waals surface area (Å²) in [4.78, 5) is 115. The predicted octanol–water partition coefficient (Wildman–Crippen LogP) is 5.46. The highest BCUT2D eigenvalue weighted by molar-refractivity contribution is 6.27. The van der Waals surface area contributed by atoms with Crippen molar-refractivity contribution in [2.24, 2.45) is 52.7 Å². The largest absolute Gasteiger partial charge is 0.508 e. The number of benzene rings is 7. The maximum absolute atomic E-state index is 13.9. The number of hydrogen-bond acceptors (Lipinski definition) is 27. The fourth-order valence-electron chi connectivity index (χ4n) is 17.7. The summed E-state index contributed by atoms with van der Waals surface area (Å²) in [5, 5.41) is 169. The molecule has 3 saturated carbocycles. The van der Waals surface area contributed by atoms with E-state index in [9.17, 15) is 120 Å². The lowest BCUT2D eigenvalue weighted by Crippen LogP contribution is -2.63. The minimum atomic E-state index is -2.91. The summed E-state index contributed by atoms with van der Waals surface area (Å²) in [6, 6.07) is 38.5. The lowest BCUT2D eigenvalue weighted by Gasteiger charge is -2.49. The fourth-order valence-corrected chi connectivity index (χ4v) is 17.7. The number of aliphatic hydroxyl groups is 12. The summed E-state index contributed by atoms with van der Waals surface area (Å²) in [6.45, 7) is 2.36. The van der Waals surface area contributed by atoms with Gasteiger partial charge in [0.2, 0.25) is 24.1 Å². The summed E-state index contributed by atoms with van der Waals surface area (Å²) in [5.74, 6) is -24.3. The Morgan fingerprint density at radius 1 is 0.426 bits per heavy atom. The minimum absolute atomic E-state index is 0.0429. The average molecular weight is 1560 g/mol. The molecule has 3 amide bonds. The third-order valence-corrected chi connectivity index (χ3v) is 23.0. The van der Waals surface area contributed by atoms with Crippen molar-refractivity contribution in [3.8, 4) is 34.5 Å². The Kier molecular flexibility index (Phi) is 18.6. The maximum Gasteiger partial charge on any atom is 0.255 e. The molecule has 0 aromatic heterocycles. The lowest BCUT2D eigenvalue weighted by atomic mass is 9.56. The number of Topliss-reactive ketones (excluding diaryl/α,β-unsaturated/α-hetero) is 6. The Morgan fingerprint density at radius 3 is 1.14 bits per heavy atom. The molecule has 17 rings (SSSR count). The van der Waals surface area contributed by atoms with Crippen molar-refractivity contribution in [2.75, 3.05) is 13.4 Å². The van der Waals surface area contributed by atoms with Crippen LogP contribution in [0.3, 0.4) is 0 Å². The summed E-state index contributed by atoms with van der Waals surface area (Å²) >= 11 is 0. The second-order valence-electron chi connectivity index (χ2n) is 29.1. The van der Waals surface area contributed by atoms with E-state index < -0.39 is 210 Å². The Hall–Kier alpha value is -13.8. The normalized spacial score (nSPS) is 28.0. The second kappa shape index (κ2) is 27.9. The molecule has 12 unspecified atom stereocenters. The number of aliphatic hydroxyl groups excluding tert-OH is 9. The standard InChI is InChI=1S/C30H23NO8.C28H25NO9.C27H21NO10/c31-29(38)23-20(33)12-18-25(34)22-17(11-13-8-9-14-4-1-2-5-15(14)10-13)16-6-3-7-19(32)21(16)26(35)24(22)28(37)30(18,39)27(23)36;1-2-38-13-8-6-12(7-9-13)10-15-14-4-3-5-17(30)19(14)24(33)22-20(15)23(32)16-11-18(31)21(27(29)36)25(34)28(16,37)26(22)35;28-26(35)20-15(30)8-13-22(31)19-12(6-10-4-5-16-17(7-10)38-9-37-16)11-2-1-3-14(29)18(11)23(32)21(19)25(34)27(13,36)24(20)33/h1-11,18,22,25,32,34-36,39H,12H2,(H2,31,38);3-10,16,20,23,30,32-34,37H,2,11H2,1H3,(H2,29,36);1-7,13,19,22,29,31-33,36H,8-9H2,(H2,28,35)/b17-11+;15-10+;12-6+. The van der Waals surface area contributed by atoms with Crippen molar-refractivity contribution in [1.29, 1.82) is 0 Å². The van der Waals surface area contributed by atoms with Crippen LogP contribution in [0.25, 0.3) is 63.0 Å². The summed E-state index contributed by atoms with van der Waals surface area (Å²) in [7, 11) is 0. The van der Waals surface area contributed by atoms with Crippen molar-refractivity contribution < 1.29 is 134 Å². The first-order valence-corrected chi connectivity index (χ1v) is 35.8. The summed E-state index contributed by atoms with van der Waals surface area (Å²) in [6.07, 6.45) is -2.00. The van der Waals surface area contributed by atoms with E-state index in [1.165, 1.54) is 30.3 Å². The highest BCUT2D eigenvalue weighted by atomic mass is 16.7. The Morgan fingerprint density at radius 2 is 0.765 bits per heavy atom. The average Bonchev–Trinajstić information content (AvgIpc) is 0.819. The zero-order chi connectivity index (χ0) is 82.4. The molecule has 9 aliphatic carbocycles. The van der Waals surface area contributed by atoms with Crippen LogP contribution < -0.4 is 31.4 Å². The number of ether oxygens (including phenoxy) is 3. The number of phenols is 3. The maximum atomic E-state index is 13.9. The van der Waals surface area contributed by atoms with Crippen LogP contribution >= 0.6 is 0 Å². The molecule has 30 heteroatoms. The topological polar surface area (TPSA) is 563 Å². The van der Waals surface area contributed by atoms with Gasteiger partial charge in [0.25, 0.3) is 17.7 Å². The molecular formula is C85H69N3O27. The summed E-state index contributed by atoms with van der Waals surface area (Å²) < 4.78 is 16.2. The van der Waals surface area contributed by atoms with Crippen molar-refractivity contribution in [2.45, 2.75) is 61.3 Å². The van der Waals surface area contributed by atoms with Crippen molar-refractivity contribution >= 4 is 115 Å². The van der Waals surface area contributed by atoms with Crippen LogP contribution in [0.2, 0.25) is 0 Å². The first kappa shape index (κ1) is 76.6. The first-order chi connectivity index (χ1) is 54.6. The second-order valence-corrected chi connectivity index (χ2v) is 29.1. The monoisotopic (exact) mass is 1560 g/mol. The number of fused-ring (bicyclic) bond motifs is 11. The van der Waals surface area contributed by atoms with Gasteiger partial charge in [0, 0.05) is 54.8 Å². The molecular weight excluding hydrogens is 1490 g/mol. The molecule has 586 valence electrons. The molecule has 3 fully saturated rings. The van der Waals surface area contributed by atoms with E-state index in [0.717, 1.165) is 10.8 Å². The zero-order valence-corrected chi connectivity index (χ0v) is 60.1. The van der Waals surface area contributed by atoms with Gasteiger partial charge in [0.1, 0.15) is 74.3 Å². The van der Waals surface area contributed by atoms with E-state index in [4.69, 9.17) is 31.4 Å². The van der Waals surface area contributed by atoms with Crippen molar-refractivity contribution in [1.82, 2.24) is 0 Å². The SMILES string of the molecule is CCOc1ccc(/C=C2\c3cccc(O)c3C(O)=C3C(=O)C4(O)C(O)=C(C(N)=O)C(=O)CC4C(O)C32)cc1.NC(=O)C1=C(O)C2(O)C(=O)C3=C(O)c4c(O)cccc4/C(=C\c4ccc5c(c4)OCO5)C3C(O)C2CC1=O.NC(=O)C1=C(O)C2(O)C(=O)C3=C(O)c4c(O)cccc4/C(=C\c4ccc5ccccc5c4)C3C(O)C2CC1=O. The molecule has 7 aromatic carbocycles. The van der Waals surface area contributed by atoms with Gasteiger partial charge in [0.05, 0.1) is 58.3 Å². The van der Waals surface area contributed by atoms with Gasteiger partial charge in [-0.15, -0.1) is 0 Å². The molecule has 0 bridgehead atoms. The number of rotatable bonds is 8. The smallest absolute Gasteiger partial charge is 0.255 e. The van der Waals surface area contributed by atoms with Crippen LogP contribution in [0, 0.1) is 35.5 Å². The van der Waals surface area contributed by atoms with Gasteiger partial charge in [0.15, 0.2) is 45.7 Å². The number of amides is 3. The molecule has 30 nitrogen and oxygen atoms in total. The molecule has 21 N–H and O–H groups in total. The quantitative estimate of drug-likeness (QED) is 0.0840. The van der Waals surface area contributed by atoms with Gasteiger partial charge in [-0.3, -0.25) is 43.2 Å². The summed E-state index contributed by atoms with van der Waals surface area (Å²) in [5.41, 5.74) is 6.19. The third kappa shape index (κ3) is 11.5. The van der Waals surface area contributed by atoms with Crippen LogP contribution in [0.5, 0.6) is 34.5 Å². The van der Waals surface area contributed by atoms with Crippen LogP contribution in [0.15, 0.2) is 190 Å². The van der Waals surface area contributed by atoms with Crippen LogP contribution in [-0.2, 0) is 43.2 Å². The van der Waals surface area contributed by atoms with Gasteiger partial charge in [-0.2, -0.15) is 0 Å². The molecule has 0 saturated heterocycles. The Bertz CT molecular complexity index is 5910. The molecule has 10 aliphatic rings. The number of aromatic hydroxyl groups is 3. The number of ketones is 6. The molecule has 0 radical (unpaired) electrons. The number of hydrogen-bond donors (Lipinski definition) is 18. The van der Waals surface area contributed by atoms with E-state index >= 15 is 0 Å². The van der Waals surface area contributed by atoms with Gasteiger partial charge in [-0.1, -0.05) is 109 Å². The van der Waals surface area contributed by atoms with Gasteiger partial charge < -0.3 is 108 Å². The van der Waals surface area contributed by atoms with E-state index in [-0.39, 0.29) is 40.7 Å². The van der Waals surface area contributed by atoms with Crippen LogP contribution in [0.1, 0.15) is 76.3 Å². The van der Waals surface area contributed by atoms with Crippen LogP contribution in [-0.4, -0.2) is 178 Å². The number of primary amides is 3. The van der Waals surface area contributed by atoms with E-state index in [2.05, 4.69) is 0 Å². The molecule has 7 aromatic rings. The van der Waals surface area contributed by atoms with Crippen molar-refractivity contribution in [3.05, 3.63) is 240 Å². The van der Waals surface area contributed by atoms with Gasteiger partial charge in [-0.05, 0) is 116 Å². The lowest BCUT2D eigenvalue weighted by molar-refractivity contribution is -0.158. The van der Waals surface area contributed by atoms with E-state index in [0.29, 0.717) is 74.0 Å². The Labute approximate surface area is 648 Å². The third-order valence-electron chi connectivity index (χ3n) is 23.0. The van der Waals surface area contributed by atoms with Gasteiger partial charge >= 0.3 is 0 Å². The van der Waals surface area contributed by atoms with E-state index in [1.54, 1.807) is 85.0 Å². The first-order valence-electron chi connectivity index (χ1n) is 35.8. The highest BCUT2D eigenvalue weighted by Gasteiger charge is 2.68. The fraction of sp³-hybridized carbons (Fsp3) is 0.212. The predicted molar refractivity (Wildman–Crippen MR) is 405 cm³/mol. The number of carbonyl (C=O) groups is 9. The molecule has 1 heterocycles. The zero-order valence-electron chi connectivity index (χ0n) is 60.1. The highest BCUT2D eigenvalue weighted by Crippen LogP contribution is 2.60. The molecule has 115 heavy (non-hydrogen) atoms. The number of nitrogens with two attached hydrogens (primary N) is 3. The number of carbonyl (C=O) groups excluding carboxylic acids is 9. The van der Waals surface area contributed by atoms with Gasteiger partial charge in [-0.25, -0.2) is 0 Å². The molecule has 1 aliphatic heterocycles. The van der Waals surface area contributed by atoms with E-state index in [1.807, 2.05) is 49.4 Å². The Balaban J connectivity index is 0.000000136. The minimum Gasteiger partial charge on any atom is -0.508 e. The van der Waals surface area contributed by atoms with Crippen LogP contribution in [0.4, 0.5) is 0 Å².